The van der Waals surface area contributed by atoms with Gasteiger partial charge in [-0.15, -0.1) is 0 Å². The molecular formula is C9H8N2O2. The molecule has 13 heavy (non-hydrogen) atoms. The van der Waals surface area contributed by atoms with Crippen LogP contribution in [-0.2, 0) is 11.2 Å². The second-order valence-corrected chi connectivity index (χ2v) is 2.59. The van der Waals surface area contributed by atoms with Crippen LogP contribution in [0, 0.1) is 17.2 Å². The normalized spacial score (nSPS) is 11.6. The predicted octanol–water partition coefficient (Wildman–Crippen LogP) is 0.848. The predicted molar refractivity (Wildman–Crippen MR) is 44.7 cm³/mol. The van der Waals surface area contributed by atoms with E-state index in [1.54, 1.807) is 30.6 Å². The van der Waals surface area contributed by atoms with E-state index < -0.39 is 11.9 Å². The van der Waals surface area contributed by atoms with Crippen molar-refractivity contribution < 1.29 is 9.90 Å². The van der Waals surface area contributed by atoms with E-state index in [1.165, 1.54) is 0 Å². The van der Waals surface area contributed by atoms with Gasteiger partial charge in [0.15, 0.2) is 0 Å². The lowest BCUT2D eigenvalue weighted by atomic mass is 10.0. The van der Waals surface area contributed by atoms with Gasteiger partial charge in [-0.25, -0.2) is 0 Å². The molecule has 1 atom stereocenters. The van der Waals surface area contributed by atoms with Gasteiger partial charge in [-0.3, -0.25) is 9.78 Å². The first-order valence-corrected chi connectivity index (χ1v) is 3.75. The van der Waals surface area contributed by atoms with Crippen LogP contribution in [0.15, 0.2) is 24.5 Å². The molecule has 66 valence electrons. The van der Waals surface area contributed by atoms with Crippen LogP contribution < -0.4 is 0 Å². The Morgan fingerprint density at radius 1 is 1.77 bits per heavy atom. The minimum Gasteiger partial charge on any atom is -0.480 e. The summed E-state index contributed by atoms with van der Waals surface area (Å²) < 4.78 is 0. The summed E-state index contributed by atoms with van der Waals surface area (Å²) >= 11 is 0. The van der Waals surface area contributed by atoms with Gasteiger partial charge >= 0.3 is 5.97 Å². The molecule has 1 aromatic heterocycles. The zero-order chi connectivity index (χ0) is 9.68. The molecule has 0 saturated heterocycles. The van der Waals surface area contributed by atoms with E-state index in [-0.39, 0.29) is 6.42 Å². The van der Waals surface area contributed by atoms with Gasteiger partial charge in [-0.1, -0.05) is 6.07 Å². The molecule has 0 aromatic carbocycles. The molecule has 1 rings (SSSR count). The van der Waals surface area contributed by atoms with Crippen LogP contribution in [0.5, 0.6) is 0 Å². The lowest BCUT2D eigenvalue weighted by molar-refractivity contribution is -0.139. The lowest BCUT2D eigenvalue weighted by Crippen LogP contribution is -2.14. The Kier molecular flexibility index (Phi) is 2.98. The molecule has 0 aliphatic heterocycles. The minimum absolute atomic E-state index is 0.208. The number of carboxylic acids is 1. The fourth-order valence-corrected chi connectivity index (χ4v) is 0.943. The number of hydrogen-bond acceptors (Lipinski definition) is 3. The first kappa shape index (κ1) is 9.20. The van der Waals surface area contributed by atoms with Gasteiger partial charge < -0.3 is 5.11 Å². The quantitative estimate of drug-likeness (QED) is 0.740. The van der Waals surface area contributed by atoms with E-state index in [4.69, 9.17) is 10.4 Å². The highest BCUT2D eigenvalue weighted by Gasteiger charge is 2.16. The van der Waals surface area contributed by atoms with Crippen molar-refractivity contribution in [2.24, 2.45) is 5.92 Å². The molecule has 0 unspecified atom stereocenters. The standard InChI is InChI=1S/C9H8N2O2/c10-5-8(9(12)13)4-7-2-1-3-11-6-7/h1-3,6,8H,4H2,(H,12,13)/t8-/m0/s1. The highest BCUT2D eigenvalue weighted by atomic mass is 16.4. The van der Waals surface area contributed by atoms with Crippen LogP contribution in [0.4, 0.5) is 0 Å². The molecule has 4 nitrogen and oxygen atoms in total. The zero-order valence-electron chi connectivity index (χ0n) is 6.84. The maximum atomic E-state index is 10.5. The summed E-state index contributed by atoms with van der Waals surface area (Å²) in [5.74, 6) is -2.07. The Bertz CT molecular complexity index is 329. The Labute approximate surface area is 75.5 Å². The average molecular weight is 176 g/mol. The fourth-order valence-electron chi connectivity index (χ4n) is 0.943. The summed E-state index contributed by atoms with van der Waals surface area (Å²) in [6, 6.07) is 5.19. The van der Waals surface area contributed by atoms with Crippen LogP contribution in [0.1, 0.15) is 5.56 Å². The largest absolute Gasteiger partial charge is 0.480 e. The van der Waals surface area contributed by atoms with E-state index in [0.717, 1.165) is 5.56 Å². The number of aromatic nitrogens is 1. The third-order valence-corrected chi connectivity index (χ3v) is 1.62. The number of aliphatic carboxylic acids is 1. The molecule has 0 aliphatic carbocycles. The number of nitrogens with zero attached hydrogens (tertiary/aromatic N) is 2. The van der Waals surface area contributed by atoms with Gasteiger partial charge in [0, 0.05) is 18.8 Å². The van der Waals surface area contributed by atoms with E-state index in [2.05, 4.69) is 4.98 Å². The van der Waals surface area contributed by atoms with Crippen molar-refractivity contribution in [2.75, 3.05) is 0 Å². The first-order chi connectivity index (χ1) is 6.24. The molecule has 0 fully saturated rings. The number of pyridine rings is 1. The van der Waals surface area contributed by atoms with Gasteiger partial charge in [0.25, 0.3) is 0 Å². The van der Waals surface area contributed by atoms with Gasteiger partial charge in [0.1, 0.15) is 5.92 Å². The summed E-state index contributed by atoms with van der Waals surface area (Å²) in [7, 11) is 0. The third-order valence-electron chi connectivity index (χ3n) is 1.62. The van der Waals surface area contributed by atoms with Crippen molar-refractivity contribution in [1.29, 1.82) is 5.26 Å². The summed E-state index contributed by atoms with van der Waals surface area (Å²) in [6.45, 7) is 0. The Morgan fingerprint density at radius 2 is 2.54 bits per heavy atom. The molecular weight excluding hydrogens is 168 g/mol. The van der Waals surface area contributed by atoms with Crippen LogP contribution in [-0.4, -0.2) is 16.1 Å². The molecule has 0 aliphatic rings. The second-order valence-electron chi connectivity index (χ2n) is 2.59. The maximum Gasteiger partial charge on any atom is 0.321 e. The number of rotatable bonds is 3. The van der Waals surface area contributed by atoms with E-state index in [9.17, 15) is 4.79 Å². The van der Waals surface area contributed by atoms with Crippen LogP contribution in [0.25, 0.3) is 0 Å². The van der Waals surface area contributed by atoms with Crippen molar-refractivity contribution in [3.8, 4) is 6.07 Å². The third kappa shape index (κ3) is 2.56. The Morgan fingerprint density at radius 3 is 3.00 bits per heavy atom. The minimum atomic E-state index is -1.09. The molecule has 1 aromatic rings. The van der Waals surface area contributed by atoms with Crippen molar-refractivity contribution in [3.05, 3.63) is 30.1 Å². The van der Waals surface area contributed by atoms with Crippen molar-refractivity contribution >= 4 is 5.97 Å². The van der Waals surface area contributed by atoms with Crippen molar-refractivity contribution in [3.63, 3.8) is 0 Å². The number of carboxylic acid groups (broad SMARTS) is 1. The second kappa shape index (κ2) is 4.21. The fraction of sp³-hybridized carbons (Fsp3) is 0.222. The van der Waals surface area contributed by atoms with Gasteiger partial charge in [-0.2, -0.15) is 5.26 Å². The topological polar surface area (TPSA) is 74.0 Å². The van der Waals surface area contributed by atoms with Crippen LogP contribution in [0.3, 0.4) is 0 Å². The SMILES string of the molecule is N#C[C@H](Cc1cccnc1)C(=O)O. The van der Waals surface area contributed by atoms with E-state index >= 15 is 0 Å². The Hall–Kier alpha value is -1.89. The first-order valence-electron chi connectivity index (χ1n) is 3.75. The average Bonchev–Trinajstić information content (AvgIpc) is 2.15. The van der Waals surface area contributed by atoms with Crippen molar-refractivity contribution in [1.82, 2.24) is 4.98 Å². The number of nitriles is 1. The Balaban J connectivity index is 2.69. The highest BCUT2D eigenvalue weighted by Crippen LogP contribution is 2.06. The molecule has 0 bridgehead atoms. The molecule has 1 N–H and O–H groups in total. The lowest BCUT2D eigenvalue weighted by Gasteiger charge is -2.01. The number of carbonyl (C=O) groups is 1. The summed E-state index contributed by atoms with van der Waals surface area (Å²) in [6.07, 6.45) is 3.37. The molecule has 0 amide bonds. The number of hydrogen-bond donors (Lipinski definition) is 1. The maximum absolute atomic E-state index is 10.5. The van der Waals surface area contributed by atoms with Gasteiger partial charge in [-0.05, 0) is 11.6 Å². The summed E-state index contributed by atoms with van der Waals surface area (Å²) in [5, 5.41) is 17.1. The van der Waals surface area contributed by atoms with Gasteiger partial charge in [0.2, 0.25) is 0 Å². The monoisotopic (exact) mass is 176 g/mol. The molecule has 0 saturated carbocycles. The summed E-state index contributed by atoms with van der Waals surface area (Å²) in [4.78, 5) is 14.3. The molecule has 0 spiro atoms. The van der Waals surface area contributed by atoms with Gasteiger partial charge in [0.05, 0.1) is 6.07 Å². The van der Waals surface area contributed by atoms with Crippen LogP contribution >= 0.6 is 0 Å². The zero-order valence-corrected chi connectivity index (χ0v) is 6.84. The molecule has 1 heterocycles. The molecule has 0 radical (unpaired) electrons. The smallest absolute Gasteiger partial charge is 0.321 e. The van der Waals surface area contributed by atoms with Crippen molar-refractivity contribution in [2.45, 2.75) is 6.42 Å². The van der Waals surface area contributed by atoms with E-state index in [0.29, 0.717) is 0 Å². The van der Waals surface area contributed by atoms with E-state index in [1.807, 2.05) is 0 Å². The highest BCUT2D eigenvalue weighted by molar-refractivity contribution is 5.73. The molecule has 4 heteroatoms. The summed E-state index contributed by atoms with van der Waals surface area (Å²) in [5.41, 5.74) is 0.761. The van der Waals surface area contributed by atoms with Crippen LogP contribution in [0.2, 0.25) is 0 Å².